The molecule has 2 N–H and O–H groups in total. The molecule has 0 aliphatic rings. The Morgan fingerprint density at radius 1 is 1.47 bits per heavy atom. The summed E-state index contributed by atoms with van der Waals surface area (Å²) < 4.78 is 0. The number of aliphatic hydroxyl groups is 1. The van der Waals surface area contributed by atoms with Crippen molar-refractivity contribution >= 4 is 0 Å². The van der Waals surface area contributed by atoms with Gasteiger partial charge in [0, 0.05) is 19.2 Å². The van der Waals surface area contributed by atoms with Gasteiger partial charge in [0.15, 0.2) is 0 Å². The maximum atomic E-state index is 8.91. The smallest absolute Gasteiger partial charge is 0.0991 e. The lowest BCUT2D eigenvalue weighted by Gasteiger charge is -2.16. The third-order valence-corrected chi connectivity index (χ3v) is 3.02. The van der Waals surface area contributed by atoms with Gasteiger partial charge >= 0.3 is 0 Å². The van der Waals surface area contributed by atoms with E-state index in [1.54, 1.807) is 0 Å². The quantitative estimate of drug-likeness (QED) is 0.790. The molecular weight excluding hydrogens is 212 g/mol. The van der Waals surface area contributed by atoms with E-state index in [4.69, 9.17) is 10.4 Å². The van der Waals surface area contributed by atoms with Crippen LogP contribution in [0, 0.1) is 18.3 Å². The van der Waals surface area contributed by atoms with Crippen molar-refractivity contribution in [2.45, 2.75) is 39.3 Å². The van der Waals surface area contributed by atoms with Crippen molar-refractivity contribution in [3.05, 3.63) is 34.9 Å². The minimum Gasteiger partial charge on any atom is -0.396 e. The fourth-order valence-electron chi connectivity index (χ4n) is 1.82. The second-order valence-corrected chi connectivity index (χ2v) is 4.25. The third kappa shape index (κ3) is 4.18. The van der Waals surface area contributed by atoms with Gasteiger partial charge in [0.25, 0.3) is 0 Å². The Morgan fingerprint density at radius 3 is 2.76 bits per heavy atom. The number of benzene rings is 1. The van der Waals surface area contributed by atoms with Crippen molar-refractivity contribution in [1.29, 1.82) is 5.26 Å². The number of aliphatic hydroxyl groups excluding tert-OH is 1. The molecule has 0 heterocycles. The first-order chi connectivity index (χ1) is 8.21. The molecule has 0 spiro atoms. The number of nitrogens with zero attached hydrogens (tertiary/aromatic N) is 1. The van der Waals surface area contributed by atoms with Crippen LogP contribution in [0.4, 0.5) is 0 Å². The molecule has 0 fully saturated rings. The van der Waals surface area contributed by atoms with E-state index < -0.39 is 0 Å². The summed E-state index contributed by atoms with van der Waals surface area (Å²) in [5.74, 6) is 0. The second kappa shape index (κ2) is 7.05. The summed E-state index contributed by atoms with van der Waals surface area (Å²) in [6.07, 6.45) is 1.79. The highest BCUT2D eigenvalue weighted by Gasteiger charge is 2.06. The van der Waals surface area contributed by atoms with Crippen LogP contribution in [-0.4, -0.2) is 17.8 Å². The van der Waals surface area contributed by atoms with Crippen LogP contribution in [0.5, 0.6) is 0 Å². The standard InChI is InChI=1S/C14H20N2O/c1-3-14(6-7-17)16-10-13-5-4-12(9-15)8-11(13)2/h4-5,8,14,16-17H,3,6-7,10H2,1-2H3. The van der Waals surface area contributed by atoms with Gasteiger partial charge in [-0.05, 0) is 43.0 Å². The summed E-state index contributed by atoms with van der Waals surface area (Å²) in [5, 5.41) is 21.1. The van der Waals surface area contributed by atoms with Crippen LogP contribution < -0.4 is 5.32 Å². The molecule has 0 aliphatic heterocycles. The molecule has 0 saturated carbocycles. The van der Waals surface area contributed by atoms with Crippen molar-refractivity contribution in [2.75, 3.05) is 6.61 Å². The van der Waals surface area contributed by atoms with Gasteiger partial charge in [0.05, 0.1) is 11.6 Å². The van der Waals surface area contributed by atoms with E-state index in [-0.39, 0.29) is 6.61 Å². The third-order valence-electron chi connectivity index (χ3n) is 3.02. The van der Waals surface area contributed by atoms with Crippen molar-refractivity contribution in [2.24, 2.45) is 0 Å². The molecule has 1 aromatic carbocycles. The number of rotatable bonds is 6. The van der Waals surface area contributed by atoms with Crippen LogP contribution in [0.1, 0.15) is 36.5 Å². The zero-order valence-electron chi connectivity index (χ0n) is 10.5. The van der Waals surface area contributed by atoms with Crippen LogP contribution in [0.3, 0.4) is 0 Å². The summed E-state index contributed by atoms with van der Waals surface area (Å²) in [6.45, 7) is 5.14. The predicted molar refractivity (Wildman–Crippen MR) is 68.5 cm³/mol. The zero-order chi connectivity index (χ0) is 12.7. The molecule has 1 aromatic rings. The van der Waals surface area contributed by atoms with Crippen molar-refractivity contribution in [3.63, 3.8) is 0 Å². The monoisotopic (exact) mass is 232 g/mol. The first kappa shape index (κ1) is 13.7. The van der Waals surface area contributed by atoms with Crippen LogP contribution in [0.2, 0.25) is 0 Å². The molecule has 0 aromatic heterocycles. The first-order valence-corrected chi connectivity index (χ1v) is 6.05. The minimum absolute atomic E-state index is 0.220. The fraction of sp³-hybridized carbons (Fsp3) is 0.500. The van der Waals surface area contributed by atoms with Crippen LogP contribution in [-0.2, 0) is 6.54 Å². The Bertz CT molecular complexity index is 396. The van der Waals surface area contributed by atoms with Crippen molar-refractivity contribution in [3.8, 4) is 6.07 Å². The second-order valence-electron chi connectivity index (χ2n) is 4.25. The maximum Gasteiger partial charge on any atom is 0.0991 e. The number of hydrogen-bond donors (Lipinski definition) is 2. The molecular formula is C14H20N2O. The van der Waals surface area contributed by atoms with Gasteiger partial charge in [-0.1, -0.05) is 13.0 Å². The molecule has 1 atom stereocenters. The highest BCUT2D eigenvalue weighted by atomic mass is 16.3. The summed E-state index contributed by atoms with van der Waals surface area (Å²) in [7, 11) is 0. The number of nitrogens with one attached hydrogen (secondary N) is 1. The lowest BCUT2D eigenvalue weighted by atomic mass is 10.0. The summed E-state index contributed by atoms with van der Waals surface area (Å²) in [6, 6.07) is 8.24. The normalized spacial score (nSPS) is 12.1. The average molecular weight is 232 g/mol. The van der Waals surface area contributed by atoms with E-state index in [1.807, 2.05) is 25.1 Å². The zero-order valence-corrected chi connectivity index (χ0v) is 10.5. The average Bonchev–Trinajstić information content (AvgIpc) is 2.35. The molecule has 0 bridgehead atoms. The van der Waals surface area contributed by atoms with E-state index in [0.29, 0.717) is 11.6 Å². The van der Waals surface area contributed by atoms with Gasteiger partial charge in [-0.15, -0.1) is 0 Å². The molecule has 0 radical (unpaired) electrons. The highest BCUT2D eigenvalue weighted by molar-refractivity contribution is 5.37. The molecule has 0 amide bonds. The van der Waals surface area contributed by atoms with Gasteiger partial charge in [-0.2, -0.15) is 5.26 Å². The molecule has 0 aliphatic carbocycles. The molecule has 3 nitrogen and oxygen atoms in total. The molecule has 3 heteroatoms. The predicted octanol–water partition coefficient (Wildman–Crippen LogP) is 2.12. The summed E-state index contributed by atoms with van der Waals surface area (Å²) in [5.41, 5.74) is 3.05. The van der Waals surface area contributed by atoms with Gasteiger partial charge in [0.2, 0.25) is 0 Å². The number of aryl methyl sites for hydroxylation is 1. The van der Waals surface area contributed by atoms with E-state index in [0.717, 1.165) is 24.9 Å². The Labute approximate surface area is 103 Å². The van der Waals surface area contributed by atoms with Crippen LogP contribution in [0.25, 0.3) is 0 Å². The van der Waals surface area contributed by atoms with E-state index >= 15 is 0 Å². The largest absolute Gasteiger partial charge is 0.396 e. The topological polar surface area (TPSA) is 56.0 Å². The van der Waals surface area contributed by atoms with E-state index in [2.05, 4.69) is 18.3 Å². The molecule has 17 heavy (non-hydrogen) atoms. The van der Waals surface area contributed by atoms with Crippen molar-refractivity contribution < 1.29 is 5.11 Å². The summed E-state index contributed by atoms with van der Waals surface area (Å²) >= 11 is 0. The van der Waals surface area contributed by atoms with Crippen molar-refractivity contribution in [1.82, 2.24) is 5.32 Å². The molecule has 92 valence electrons. The number of nitriles is 1. The molecule has 0 saturated heterocycles. The Kier molecular flexibility index (Phi) is 5.68. The van der Waals surface area contributed by atoms with Gasteiger partial charge in [-0.3, -0.25) is 0 Å². The van der Waals surface area contributed by atoms with E-state index in [9.17, 15) is 0 Å². The first-order valence-electron chi connectivity index (χ1n) is 6.05. The molecule has 1 unspecified atom stereocenters. The fourth-order valence-corrected chi connectivity index (χ4v) is 1.82. The highest BCUT2D eigenvalue weighted by Crippen LogP contribution is 2.11. The van der Waals surface area contributed by atoms with Gasteiger partial charge < -0.3 is 10.4 Å². The SMILES string of the molecule is CCC(CCO)NCc1ccc(C#N)cc1C. The number of hydrogen-bond acceptors (Lipinski definition) is 3. The lowest BCUT2D eigenvalue weighted by Crippen LogP contribution is -2.29. The minimum atomic E-state index is 0.220. The lowest BCUT2D eigenvalue weighted by molar-refractivity contribution is 0.262. The Balaban J connectivity index is 2.60. The van der Waals surface area contributed by atoms with E-state index in [1.165, 1.54) is 5.56 Å². The maximum absolute atomic E-state index is 8.91. The molecule has 1 rings (SSSR count). The summed E-state index contributed by atoms with van der Waals surface area (Å²) in [4.78, 5) is 0. The Morgan fingerprint density at radius 2 is 2.24 bits per heavy atom. The van der Waals surface area contributed by atoms with Crippen LogP contribution >= 0.6 is 0 Å². The van der Waals surface area contributed by atoms with Gasteiger partial charge in [-0.25, -0.2) is 0 Å². The van der Waals surface area contributed by atoms with Crippen LogP contribution in [0.15, 0.2) is 18.2 Å². The Hall–Kier alpha value is -1.37. The van der Waals surface area contributed by atoms with Gasteiger partial charge in [0.1, 0.15) is 0 Å².